The van der Waals surface area contributed by atoms with Gasteiger partial charge in [-0.15, -0.1) is 11.6 Å². The van der Waals surface area contributed by atoms with Crippen LogP contribution in [-0.4, -0.2) is 42.8 Å². The van der Waals surface area contributed by atoms with E-state index in [1.54, 1.807) is 0 Å². The maximum atomic E-state index is 14.1. The Labute approximate surface area is 149 Å². The average Bonchev–Trinajstić information content (AvgIpc) is 2.60. The van der Waals surface area contributed by atoms with Gasteiger partial charge in [0.15, 0.2) is 5.78 Å². The van der Waals surface area contributed by atoms with Crippen molar-refractivity contribution in [2.45, 2.75) is 76.1 Å². The number of carbonyl (C=O) groups excluding carboxylic acids is 1. The Kier molecular flexibility index (Phi) is 6.20. The minimum absolute atomic E-state index is 0.0150. The molecule has 2 saturated heterocycles. The summed E-state index contributed by atoms with van der Waals surface area (Å²) in [4.78, 5) is 12.7. The van der Waals surface area contributed by atoms with E-state index in [1.807, 2.05) is 6.92 Å². The van der Waals surface area contributed by atoms with Gasteiger partial charge in [-0.05, 0) is 50.4 Å². The van der Waals surface area contributed by atoms with Crippen LogP contribution in [0, 0.1) is 23.7 Å². The van der Waals surface area contributed by atoms with Gasteiger partial charge >= 0.3 is 0 Å². The van der Waals surface area contributed by atoms with Crippen molar-refractivity contribution in [2.75, 3.05) is 13.2 Å². The van der Waals surface area contributed by atoms with Crippen LogP contribution in [0.25, 0.3) is 0 Å². The SMILES string of the molecule is CC1CCC(C2CCC(C(=O)C3CCC(C)C(F)C3Cl)OC2)OC1. The second kappa shape index (κ2) is 8.01. The Hall–Kier alpha value is -0.190. The van der Waals surface area contributed by atoms with Gasteiger partial charge < -0.3 is 9.47 Å². The van der Waals surface area contributed by atoms with Gasteiger partial charge in [-0.3, -0.25) is 4.79 Å². The first-order valence-corrected chi connectivity index (χ1v) is 9.96. The quantitative estimate of drug-likeness (QED) is 0.709. The molecule has 2 aliphatic heterocycles. The number of ketones is 1. The Morgan fingerprint density at radius 2 is 1.79 bits per heavy atom. The lowest BCUT2D eigenvalue weighted by atomic mass is 9.76. The smallest absolute Gasteiger partial charge is 0.166 e. The lowest BCUT2D eigenvalue weighted by Crippen LogP contribution is -2.46. The molecule has 0 bridgehead atoms. The van der Waals surface area contributed by atoms with Crippen LogP contribution in [0.4, 0.5) is 4.39 Å². The molecular formula is C19H30ClFO3. The van der Waals surface area contributed by atoms with Gasteiger partial charge in [0.1, 0.15) is 12.3 Å². The minimum Gasteiger partial charge on any atom is -0.378 e. The molecule has 1 saturated carbocycles. The van der Waals surface area contributed by atoms with Crippen molar-refractivity contribution in [3.63, 3.8) is 0 Å². The van der Waals surface area contributed by atoms with Crippen molar-refractivity contribution in [3.8, 4) is 0 Å². The van der Waals surface area contributed by atoms with Gasteiger partial charge in [0.05, 0.1) is 18.1 Å². The fourth-order valence-electron chi connectivity index (χ4n) is 4.40. The zero-order valence-electron chi connectivity index (χ0n) is 14.8. The second-order valence-electron chi connectivity index (χ2n) is 8.17. The summed E-state index contributed by atoms with van der Waals surface area (Å²) in [5.41, 5.74) is 0. The van der Waals surface area contributed by atoms with E-state index in [0.29, 0.717) is 31.3 Å². The molecular weight excluding hydrogens is 331 g/mol. The van der Waals surface area contributed by atoms with E-state index in [4.69, 9.17) is 21.1 Å². The number of ether oxygens (including phenoxy) is 2. The van der Waals surface area contributed by atoms with Crippen molar-refractivity contribution in [1.29, 1.82) is 0 Å². The Morgan fingerprint density at radius 3 is 2.42 bits per heavy atom. The molecule has 5 heteroatoms. The lowest BCUT2D eigenvalue weighted by molar-refractivity contribution is -0.147. The van der Waals surface area contributed by atoms with Crippen LogP contribution < -0.4 is 0 Å². The number of alkyl halides is 2. The highest BCUT2D eigenvalue weighted by atomic mass is 35.5. The molecule has 3 fully saturated rings. The number of Topliss-reactive ketones (excluding diaryl/α,β-unsaturated/α-hetero) is 1. The van der Waals surface area contributed by atoms with E-state index in [9.17, 15) is 9.18 Å². The Bertz CT molecular complexity index is 430. The molecule has 8 atom stereocenters. The zero-order chi connectivity index (χ0) is 17.3. The van der Waals surface area contributed by atoms with Crippen molar-refractivity contribution in [2.24, 2.45) is 23.7 Å². The van der Waals surface area contributed by atoms with E-state index >= 15 is 0 Å². The van der Waals surface area contributed by atoms with Gasteiger partial charge in [0.2, 0.25) is 0 Å². The summed E-state index contributed by atoms with van der Waals surface area (Å²) in [6.45, 7) is 5.49. The highest BCUT2D eigenvalue weighted by molar-refractivity contribution is 6.22. The summed E-state index contributed by atoms with van der Waals surface area (Å²) in [6.07, 6.45) is 4.13. The molecule has 138 valence electrons. The van der Waals surface area contributed by atoms with Gasteiger partial charge in [-0.1, -0.05) is 13.8 Å². The summed E-state index contributed by atoms with van der Waals surface area (Å²) < 4.78 is 26.0. The molecule has 0 N–H and O–H groups in total. The third-order valence-corrected chi connectivity index (χ3v) is 6.77. The topological polar surface area (TPSA) is 35.5 Å². The van der Waals surface area contributed by atoms with Crippen LogP contribution in [0.5, 0.6) is 0 Å². The summed E-state index contributed by atoms with van der Waals surface area (Å²) in [6, 6.07) is 0. The molecule has 0 aromatic heterocycles. The number of hydrogen-bond acceptors (Lipinski definition) is 3. The van der Waals surface area contributed by atoms with Crippen LogP contribution in [0.3, 0.4) is 0 Å². The van der Waals surface area contributed by atoms with Gasteiger partial charge in [-0.25, -0.2) is 4.39 Å². The van der Waals surface area contributed by atoms with Gasteiger partial charge in [0.25, 0.3) is 0 Å². The third-order valence-electron chi connectivity index (χ3n) is 6.22. The standard InChI is InChI=1S/C19H30ClFO3/c1-11-3-7-15(23-9-11)13-5-8-16(24-10-13)19(22)14-6-4-12(2)18(21)17(14)20/h11-18H,3-10H2,1-2H3. The zero-order valence-corrected chi connectivity index (χ0v) is 15.5. The molecule has 0 aromatic carbocycles. The van der Waals surface area contributed by atoms with Crippen LogP contribution >= 0.6 is 11.6 Å². The Morgan fingerprint density at radius 1 is 1.00 bits per heavy atom. The molecule has 3 nitrogen and oxygen atoms in total. The molecule has 0 amide bonds. The van der Waals surface area contributed by atoms with E-state index in [2.05, 4.69) is 6.92 Å². The van der Waals surface area contributed by atoms with Gasteiger partial charge in [-0.2, -0.15) is 0 Å². The molecule has 3 rings (SSSR count). The van der Waals surface area contributed by atoms with Crippen molar-refractivity contribution in [1.82, 2.24) is 0 Å². The van der Waals surface area contributed by atoms with Crippen LogP contribution in [0.2, 0.25) is 0 Å². The first-order valence-electron chi connectivity index (χ1n) is 9.52. The number of carbonyl (C=O) groups is 1. The summed E-state index contributed by atoms with van der Waals surface area (Å²) in [5.74, 6) is 0.586. The van der Waals surface area contributed by atoms with E-state index in [1.165, 1.54) is 6.42 Å². The number of rotatable bonds is 3. The van der Waals surface area contributed by atoms with Crippen molar-refractivity contribution in [3.05, 3.63) is 0 Å². The molecule has 0 aromatic rings. The monoisotopic (exact) mass is 360 g/mol. The first-order chi connectivity index (χ1) is 11.5. The molecule has 0 spiro atoms. The molecule has 0 radical (unpaired) electrons. The fourth-order valence-corrected chi connectivity index (χ4v) is 4.90. The first kappa shape index (κ1) is 18.6. The highest BCUT2D eigenvalue weighted by Crippen LogP contribution is 2.38. The molecule has 8 unspecified atom stereocenters. The predicted octanol–water partition coefficient (Wildman–Crippen LogP) is 4.16. The normalized spacial score (nSPS) is 47.3. The third kappa shape index (κ3) is 3.96. The number of halogens is 2. The minimum atomic E-state index is -1.09. The Balaban J connectivity index is 1.50. The summed E-state index contributed by atoms with van der Waals surface area (Å²) in [7, 11) is 0. The maximum Gasteiger partial charge on any atom is 0.166 e. The maximum absolute atomic E-state index is 14.1. The number of hydrogen-bond donors (Lipinski definition) is 0. The van der Waals surface area contributed by atoms with Crippen molar-refractivity contribution >= 4 is 17.4 Å². The fraction of sp³-hybridized carbons (Fsp3) is 0.947. The molecule has 2 heterocycles. The van der Waals surface area contributed by atoms with Crippen LogP contribution in [0.15, 0.2) is 0 Å². The van der Waals surface area contributed by atoms with E-state index in [0.717, 1.165) is 25.9 Å². The van der Waals surface area contributed by atoms with Gasteiger partial charge in [0, 0.05) is 18.4 Å². The van der Waals surface area contributed by atoms with Crippen LogP contribution in [0.1, 0.15) is 52.4 Å². The molecule has 24 heavy (non-hydrogen) atoms. The molecule has 3 aliphatic rings. The van der Waals surface area contributed by atoms with Crippen LogP contribution in [-0.2, 0) is 14.3 Å². The van der Waals surface area contributed by atoms with Crippen molar-refractivity contribution < 1.29 is 18.7 Å². The lowest BCUT2D eigenvalue weighted by Gasteiger charge is -2.39. The predicted molar refractivity (Wildman–Crippen MR) is 92.0 cm³/mol. The average molecular weight is 361 g/mol. The van der Waals surface area contributed by atoms with E-state index in [-0.39, 0.29) is 17.8 Å². The highest BCUT2D eigenvalue weighted by Gasteiger charge is 2.43. The summed E-state index contributed by atoms with van der Waals surface area (Å²) >= 11 is 6.23. The largest absolute Gasteiger partial charge is 0.378 e. The second-order valence-corrected chi connectivity index (χ2v) is 8.67. The van der Waals surface area contributed by atoms with E-state index < -0.39 is 23.6 Å². The summed E-state index contributed by atoms with van der Waals surface area (Å²) in [5, 5.41) is -0.703. The molecule has 1 aliphatic carbocycles.